The molecule has 122 valence electrons. The minimum absolute atomic E-state index is 0.164. The number of rotatable bonds is 6. The van der Waals surface area contributed by atoms with Crippen molar-refractivity contribution in [2.45, 2.75) is 6.42 Å². The van der Waals surface area contributed by atoms with Gasteiger partial charge in [-0.05, 0) is 29.8 Å². The highest BCUT2D eigenvalue weighted by Crippen LogP contribution is 2.18. The SMILES string of the molecule is O=C(COC(=O)c1cc(-c2ccco2)n[nH]1)Cc1cccc(Br)c1. The number of Topliss-reactive ketones (excluding diaryl/α,β-unsaturated/α-hetero) is 1. The van der Waals surface area contributed by atoms with E-state index in [4.69, 9.17) is 9.15 Å². The molecule has 0 saturated carbocycles. The monoisotopic (exact) mass is 388 g/mol. The van der Waals surface area contributed by atoms with Crippen LogP contribution < -0.4 is 0 Å². The molecule has 24 heavy (non-hydrogen) atoms. The molecule has 0 aliphatic carbocycles. The van der Waals surface area contributed by atoms with Crippen LogP contribution in [0.3, 0.4) is 0 Å². The average Bonchev–Trinajstić information content (AvgIpc) is 3.23. The fourth-order valence-electron chi connectivity index (χ4n) is 2.13. The normalized spacial score (nSPS) is 10.5. The van der Waals surface area contributed by atoms with E-state index in [0.29, 0.717) is 11.5 Å². The quantitative estimate of drug-likeness (QED) is 0.654. The Morgan fingerprint density at radius 3 is 2.83 bits per heavy atom. The number of halogens is 1. The number of nitrogens with one attached hydrogen (secondary N) is 1. The lowest BCUT2D eigenvalue weighted by atomic mass is 10.1. The van der Waals surface area contributed by atoms with Crippen molar-refractivity contribution in [3.8, 4) is 11.5 Å². The highest BCUT2D eigenvalue weighted by molar-refractivity contribution is 9.10. The van der Waals surface area contributed by atoms with E-state index in [2.05, 4.69) is 26.1 Å². The number of esters is 1. The molecule has 0 saturated heterocycles. The second-order valence-corrected chi connectivity index (χ2v) is 5.98. The molecule has 1 aromatic carbocycles. The maximum atomic E-state index is 12.0. The van der Waals surface area contributed by atoms with Crippen LogP contribution in [-0.4, -0.2) is 28.6 Å². The molecule has 0 aliphatic heterocycles. The van der Waals surface area contributed by atoms with E-state index in [-0.39, 0.29) is 24.5 Å². The molecular formula is C17H13BrN2O4. The molecule has 6 nitrogen and oxygen atoms in total. The first-order chi connectivity index (χ1) is 11.6. The van der Waals surface area contributed by atoms with Crippen molar-refractivity contribution >= 4 is 27.7 Å². The molecule has 0 amide bonds. The summed E-state index contributed by atoms with van der Waals surface area (Å²) in [5, 5.41) is 6.55. The Kier molecular flexibility index (Phi) is 4.90. The Morgan fingerprint density at radius 2 is 2.08 bits per heavy atom. The molecule has 0 unspecified atom stereocenters. The summed E-state index contributed by atoms with van der Waals surface area (Å²) in [4.78, 5) is 23.9. The molecule has 0 atom stereocenters. The first-order valence-corrected chi connectivity index (χ1v) is 7.93. The summed E-state index contributed by atoms with van der Waals surface area (Å²) in [5.41, 5.74) is 1.51. The van der Waals surface area contributed by atoms with Gasteiger partial charge in [0.05, 0.1) is 6.26 Å². The fourth-order valence-corrected chi connectivity index (χ4v) is 2.57. The fraction of sp³-hybridized carbons (Fsp3) is 0.118. The molecule has 0 fully saturated rings. The van der Waals surface area contributed by atoms with Crippen LogP contribution in [0.1, 0.15) is 16.1 Å². The average molecular weight is 389 g/mol. The number of carbonyl (C=O) groups is 2. The third-order valence-corrected chi connectivity index (χ3v) is 3.72. The second-order valence-electron chi connectivity index (χ2n) is 5.07. The maximum Gasteiger partial charge on any atom is 0.356 e. The van der Waals surface area contributed by atoms with Gasteiger partial charge in [-0.3, -0.25) is 9.89 Å². The Bertz CT molecular complexity index is 855. The van der Waals surface area contributed by atoms with Crippen molar-refractivity contribution in [2.24, 2.45) is 0 Å². The van der Waals surface area contributed by atoms with E-state index in [1.165, 1.54) is 12.3 Å². The van der Waals surface area contributed by atoms with Crippen LogP contribution in [0, 0.1) is 0 Å². The van der Waals surface area contributed by atoms with E-state index in [1.54, 1.807) is 12.1 Å². The molecule has 0 radical (unpaired) electrons. The highest BCUT2D eigenvalue weighted by atomic mass is 79.9. The van der Waals surface area contributed by atoms with Crippen molar-refractivity contribution in [1.82, 2.24) is 10.2 Å². The van der Waals surface area contributed by atoms with Crippen LogP contribution >= 0.6 is 15.9 Å². The number of H-pyrrole nitrogens is 1. The Hall–Kier alpha value is -2.67. The van der Waals surface area contributed by atoms with Crippen LogP contribution in [0.25, 0.3) is 11.5 Å². The van der Waals surface area contributed by atoms with Crippen molar-refractivity contribution < 1.29 is 18.7 Å². The van der Waals surface area contributed by atoms with Crippen LogP contribution in [0.2, 0.25) is 0 Å². The number of ether oxygens (including phenoxy) is 1. The van der Waals surface area contributed by atoms with Gasteiger partial charge in [0.15, 0.2) is 18.2 Å². The molecular weight excluding hydrogens is 376 g/mol. The Balaban J connectivity index is 1.54. The van der Waals surface area contributed by atoms with Crippen molar-refractivity contribution in [3.63, 3.8) is 0 Å². The minimum atomic E-state index is -0.636. The first-order valence-electron chi connectivity index (χ1n) is 7.14. The Labute approximate surface area is 146 Å². The number of benzene rings is 1. The third-order valence-electron chi connectivity index (χ3n) is 3.23. The molecule has 7 heteroatoms. The zero-order chi connectivity index (χ0) is 16.9. The van der Waals surface area contributed by atoms with Gasteiger partial charge in [-0.25, -0.2) is 4.79 Å². The van der Waals surface area contributed by atoms with E-state index in [0.717, 1.165) is 10.0 Å². The van der Waals surface area contributed by atoms with Crippen LogP contribution in [-0.2, 0) is 16.0 Å². The van der Waals surface area contributed by atoms with Gasteiger partial charge in [0.2, 0.25) is 0 Å². The van der Waals surface area contributed by atoms with Gasteiger partial charge in [0.1, 0.15) is 11.4 Å². The number of aromatic amines is 1. The number of furan rings is 1. The molecule has 2 aromatic heterocycles. The molecule has 3 rings (SSSR count). The van der Waals surface area contributed by atoms with Gasteiger partial charge in [0, 0.05) is 17.0 Å². The molecule has 0 spiro atoms. The van der Waals surface area contributed by atoms with E-state index >= 15 is 0 Å². The third kappa shape index (κ3) is 3.99. The van der Waals surface area contributed by atoms with Gasteiger partial charge in [0.25, 0.3) is 0 Å². The lowest BCUT2D eigenvalue weighted by Crippen LogP contribution is -2.16. The number of hydrogen-bond donors (Lipinski definition) is 1. The van der Waals surface area contributed by atoms with Crippen LogP contribution in [0.5, 0.6) is 0 Å². The van der Waals surface area contributed by atoms with E-state index < -0.39 is 5.97 Å². The predicted octanol–water partition coefficient (Wildman–Crippen LogP) is 3.40. The number of carbonyl (C=O) groups excluding carboxylic acids is 2. The lowest BCUT2D eigenvalue weighted by Gasteiger charge is -2.03. The summed E-state index contributed by atoms with van der Waals surface area (Å²) in [6.07, 6.45) is 1.72. The predicted molar refractivity (Wildman–Crippen MR) is 89.4 cm³/mol. The summed E-state index contributed by atoms with van der Waals surface area (Å²) in [6, 6.07) is 12.4. The van der Waals surface area contributed by atoms with Gasteiger partial charge >= 0.3 is 5.97 Å². The van der Waals surface area contributed by atoms with Gasteiger partial charge < -0.3 is 9.15 Å². The first kappa shape index (κ1) is 16.2. The molecule has 2 heterocycles. The maximum absolute atomic E-state index is 12.0. The summed E-state index contributed by atoms with van der Waals surface area (Å²) in [7, 11) is 0. The van der Waals surface area contributed by atoms with E-state index in [9.17, 15) is 9.59 Å². The largest absolute Gasteiger partial charge is 0.463 e. The Morgan fingerprint density at radius 1 is 1.21 bits per heavy atom. The number of nitrogens with zero attached hydrogens (tertiary/aromatic N) is 1. The topological polar surface area (TPSA) is 85.2 Å². The minimum Gasteiger partial charge on any atom is -0.463 e. The molecule has 3 aromatic rings. The summed E-state index contributed by atoms with van der Waals surface area (Å²) in [6.45, 7) is -0.291. The van der Waals surface area contributed by atoms with Crippen LogP contribution in [0.4, 0.5) is 0 Å². The summed E-state index contributed by atoms with van der Waals surface area (Å²) >= 11 is 3.35. The highest BCUT2D eigenvalue weighted by Gasteiger charge is 2.15. The van der Waals surface area contributed by atoms with E-state index in [1.807, 2.05) is 24.3 Å². The van der Waals surface area contributed by atoms with Crippen molar-refractivity contribution in [3.05, 3.63) is 64.5 Å². The number of hydrogen-bond acceptors (Lipinski definition) is 5. The molecule has 0 aliphatic rings. The summed E-state index contributed by atoms with van der Waals surface area (Å²) in [5.74, 6) is -0.286. The van der Waals surface area contributed by atoms with Gasteiger partial charge in [-0.15, -0.1) is 0 Å². The molecule has 1 N–H and O–H groups in total. The number of ketones is 1. The van der Waals surface area contributed by atoms with Crippen LogP contribution in [0.15, 0.2) is 57.6 Å². The number of aromatic nitrogens is 2. The van der Waals surface area contributed by atoms with Crippen molar-refractivity contribution in [2.75, 3.05) is 6.61 Å². The summed E-state index contributed by atoms with van der Waals surface area (Å²) < 4.78 is 11.1. The molecule has 0 bridgehead atoms. The standard InChI is InChI=1S/C17H13BrN2O4/c18-12-4-1-3-11(7-12)8-13(21)10-24-17(22)15-9-14(19-20-15)16-5-2-6-23-16/h1-7,9H,8,10H2,(H,19,20). The van der Waals surface area contributed by atoms with Gasteiger partial charge in [-0.2, -0.15) is 5.10 Å². The smallest absolute Gasteiger partial charge is 0.356 e. The zero-order valence-electron chi connectivity index (χ0n) is 12.5. The van der Waals surface area contributed by atoms with Gasteiger partial charge in [-0.1, -0.05) is 28.1 Å². The zero-order valence-corrected chi connectivity index (χ0v) is 14.1. The second kappa shape index (κ2) is 7.27. The van der Waals surface area contributed by atoms with Crippen molar-refractivity contribution in [1.29, 1.82) is 0 Å². The lowest BCUT2D eigenvalue weighted by molar-refractivity contribution is -0.121.